The second kappa shape index (κ2) is 6.80. The summed E-state index contributed by atoms with van der Waals surface area (Å²) in [6.45, 7) is 4.26. The number of hydrogen-bond donors (Lipinski definition) is 1. The predicted molar refractivity (Wildman–Crippen MR) is 84.7 cm³/mol. The Balaban J connectivity index is 1.80. The molecule has 0 spiro atoms. The monoisotopic (exact) mass is 282 g/mol. The number of hydrazine groups is 1. The van der Waals surface area contributed by atoms with Crippen molar-refractivity contribution in [3.63, 3.8) is 0 Å². The molecule has 0 bridgehead atoms. The maximum Gasteiger partial charge on any atom is 0.0886 e. The first-order chi connectivity index (χ1) is 10.3. The number of nitrogens with zero attached hydrogens (tertiary/aromatic N) is 3. The van der Waals surface area contributed by atoms with Crippen molar-refractivity contribution in [3.8, 4) is 0 Å². The first kappa shape index (κ1) is 14.2. The van der Waals surface area contributed by atoms with Gasteiger partial charge < -0.3 is 4.90 Å². The quantitative estimate of drug-likeness (QED) is 0.928. The molecule has 0 saturated carbocycles. The SMILES string of the molecule is CN1CCN(NC(c2ccccc2)c2ccccn2)CC1. The largest absolute Gasteiger partial charge is 0.304 e. The number of likely N-dealkylation sites (N-methyl/N-ethyl adjacent to an activating group) is 1. The first-order valence-corrected chi connectivity index (χ1v) is 7.48. The van der Waals surface area contributed by atoms with Gasteiger partial charge >= 0.3 is 0 Å². The molecule has 1 N–H and O–H groups in total. The second-order valence-corrected chi connectivity index (χ2v) is 5.52. The number of rotatable bonds is 4. The molecule has 1 aliphatic heterocycles. The molecule has 3 rings (SSSR count). The van der Waals surface area contributed by atoms with Crippen molar-refractivity contribution in [1.29, 1.82) is 0 Å². The Kier molecular flexibility index (Phi) is 4.60. The van der Waals surface area contributed by atoms with E-state index in [0.29, 0.717) is 0 Å². The second-order valence-electron chi connectivity index (χ2n) is 5.52. The van der Waals surface area contributed by atoms with Gasteiger partial charge in [0.25, 0.3) is 0 Å². The van der Waals surface area contributed by atoms with Gasteiger partial charge in [-0.3, -0.25) is 4.98 Å². The molecule has 1 unspecified atom stereocenters. The van der Waals surface area contributed by atoms with Crippen LogP contribution in [0, 0.1) is 0 Å². The zero-order chi connectivity index (χ0) is 14.5. The minimum Gasteiger partial charge on any atom is -0.304 e. The van der Waals surface area contributed by atoms with Gasteiger partial charge in [0.1, 0.15) is 0 Å². The third-order valence-electron chi connectivity index (χ3n) is 3.93. The van der Waals surface area contributed by atoms with Crippen LogP contribution in [0.25, 0.3) is 0 Å². The molecule has 2 aromatic rings. The molecular formula is C17H22N4. The lowest BCUT2D eigenvalue weighted by Crippen LogP contribution is -2.51. The molecule has 0 radical (unpaired) electrons. The number of nitrogens with one attached hydrogen (secondary N) is 1. The van der Waals surface area contributed by atoms with Crippen LogP contribution >= 0.6 is 0 Å². The van der Waals surface area contributed by atoms with E-state index in [2.05, 4.69) is 63.8 Å². The summed E-state index contributed by atoms with van der Waals surface area (Å²) < 4.78 is 0. The molecule has 1 aromatic carbocycles. The van der Waals surface area contributed by atoms with Crippen molar-refractivity contribution in [2.45, 2.75) is 6.04 Å². The summed E-state index contributed by atoms with van der Waals surface area (Å²) in [4.78, 5) is 6.89. The van der Waals surface area contributed by atoms with Crippen LogP contribution in [0.3, 0.4) is 0 Å². The van der Waals surface area contributed by atoms with Gasteiger partial charge in [-0.15, -0.1) is 0 Å². The minimum atomic E-state index is 0.107. The van der Waals surface area contributed by atoms with Gasteiger partial charge in [0.15, 0.2) is 0 Å². The van der Waals surface area contributed by atoms with Crippen LogP contribution in [0.1, 0.15) is 17.3 Å². The van der Waals surface area contributed by atoms with Gasteiger partial charge in [-0.1, -0.05) is 36.4 Å². The molecule has 110 valence electrons. The molecule has 1 aromatic heterocycles. The molecule has 0 aliphatic carbocycles. The number of pyridine rings is 1. The Morgan fingerprint density at radius 2 is 1.67 bits per heavy atom. The fourth-order valence-electron chi connectivity index (χ4n) is 2.62. The zero-order valence-corrected chi connectivity index (χ0v) is 12.4. The van der Waals surface area contributed by atoms with Gasteiger partial charge in [-0.05, 0) is 24.7 Å². The average Bonchev–Trinajstić information content (AvgIpc) is 2.56. The molecule has 0 amide bonds. The molecule has 1 fully saturated rings. The van der Waals surface area contributed by atoms with E-state index < -0.39 is 0 Å². The van der Waals surface area contributed by atoms with E-state index in [9.17, 15) is 0 Å². The van der Waals surface area contributed by atoms with Gasteiger partial charge in [0, 0.05) is 32.4 Å². The van der Waals surface area contributed by atoms with Gasteiger partial charge in [-0.2, -0.15) is 0 Å². The summed E-state index contributed by atoms with van der Waals surface area (Å²) in [5, 5.41) is 2.31. The summed E-state index contributed by atoms with van der Waals surface area (Å²) in [6, 6.07) is 16.7. The Hall–Kier alpha value is -1.75. The van der Waals surface area contributed by atoms with Crippen molar-refractivity contribution < 1.29 is 0 Å². The lowest BCUT2D eigenvalue weighted by Gasteiger charge is -2.35. The van der Waals surface area contributed by atoms with E-state index >= 15 is 0 Å². The lowest BCUT2D eigenvalue weighted by atomic mass is 10.0. The number of hydrogen-bond acceptors (Lipinski definition) is 4. The highest BCUT2D eigenvalue weighted by Crippen LogP contribution is 2.20. The fourth-order valence-corrected chi connectivity index (χ4v) is 2.62. The van der Waals surface area contributed by atoms with Crippen LogP contribution in [0.15, 0.2) is 54.7 Å². The van der Waals surface area contributed by atoms with E-state index in [1.165, 1.54) is 5.56 Å². The standard InChI is InChI=1S/C17H22N4/c1-20-11-13-21(14-12-20)19-17(15-7-3-2-4-8-15)16-9-5-6-10-18-16/h2-10,17,19H,11-14H2,1H3. The Labute approximate surface area is 126 Å². The third-order valence-corrected chi connectivity index (χ3v) is 3.93. The van der Waals surface area contributed by atoms with Gasteiger partial charge in [-0.25, -0.2) is 10.4 Å². The van der Waals surface area contributed by atoms with E-state index in [1.807, 2.05) is 18.3 Å². The average molecular weight is 282 g/mol. The predicted octanol–water partition coefficient (Wildman–Crippen LogP) is 1.92. The third kappa shape index (κ3) is 3.67. The van der Waals surface area contributed by atoms with Crippen LogP contribution in [0.5, 0.6) is 0 Å². The topological polar surface area (TPSA) is 31.4 Å². The highest BCUT2D eigenvalue weighted by atomic mass is 15.5. The molecule has 2 heterocycles. The summed E-state index contributed by atoms with van der Waals surface area (Å²) in [7, 11) is 2.17. The van der Waals surface area contributed by atoms with Crippen molar-refractivity contribution in [1.82, 2.24) is 20.3 Å². The van der Waals surface area contributed by atoms with Crippen LogP contribution in [-0.4, -0.2) is 48.1 Å². The lowest BCUT2D eigenvalue weighted by molar-refractivity contribution is 0.0927. The minimum absolute atomic E-state index is 0.107. The van der Waals surface area contributed by atoms with E-state index in [4.69, 9.17) is 0 Å². The van der Waals surface area contributed by atoms with Gasteiger partial charge in [0.2, 0.25) is 0 Å². The summed E-state index contributed by atoms with van der Waals surface area (Å²) in [5.74, 6) is 0. The van der Waals surface area contributed by atoms with Crippen molar-refractivity contribution in [3.05, 3.63) is 66.0 Å². The smallest absolute Gasteiger partial charge is 0.0886 e. The molecular weight excluding hydrogens is 260 g/mol. The van der Waals surface area contributed by atoms with E-state index in [1.54, 1.807) is 0 Å². The molecule has 1 saturated heterocycles. The number of benzene rings is 1. The van der Waals surface area contributed by atoms with Crippen LogP contribution in [-0.2, 0) is 0 Å². The maximum absolute atomic E-state index is 4.54. The normalized spacial score (nSPS) is 18.5. The van der Waals surface area contributed by atoms with Crippen molar-refractivity contribution >= 4 is 0 Å². The van der Waals surface area contributed by atoms with Crippen LogP contribution < -0.4 is 5.43 Å². The Morgan fingerprint density at radius 1 is 0.952 bits per heavy atom. The first-order valence-electron chi connectivity index (χ1n) is 7.48. The molecule has 1 aliphatic rings. The number of piperazine rings is 1. The molecule has 4 heteroatoms. The number of aromatic nitrogens is 1. The summed E-state index contributed by atoms with van der Waals surface area (Å²) >= 11 is 0. The highest BCUT2D eigenvalue weighted by Gasteiger charge is 2.20. The maximum atomic E-state index is 4.54. The van der Waals surface area contributed by atoms with Crippen LogP contribution in [0.2, 0.25) is 0 Å². The van der Waals surface area contributed by atoms with Crippen LogP contribution in [0.4, 0.5) is 0 Å². The molecule has 4 nitrogen and oxygen atoms in total. The van der Waals surface area contributed by atoms with Crippen molar-refractivity contribution in [2.75, 3.05) is 33.2 Å². The molecule has 21 heavy (non-hydrogen) atoms. The molecule has 1 atom stereocenters. The van der Waals surface area contributed by atoms with E-state index in [0.717, 1.165) is 31.9 Å². The fraction of sp³-hybridized carbons (Fsp3) is 0.353. The van der Waals surface area contributed by atoms with Crippen molar-refractivity contribution in [2.24, 2.45) is 0 Å². The Morgan fingerprint density at radius 3 is 2.33 bits per heavy atom. The zero-order valence-electron chi connectivity index (χ0n) is 12.4. The Bertz CT molecular complexity index is 496. The highest BCUT2D eigenvalue weighted by molar-refractivity contribution is 5.27. The van der Waals surface area contributed by atoms with E-state index in [-0.39, 0.29) is 6.04 Å². The van der Waals surface area contributed by atoms with Gasteiger partial charge in [0.05, 0.1) is 11.7 Å². The summed E-state index contributed by atoms with van der Waals surface area (Å²) in [5.41, 5.74) is 5.96. The summed E-state index contributed by atoms with van der Waals surface area (Å²) in [6.07, 6.45) is 1.86.